The molecule has 0 saturated carbocycles. The summed E-state index contributed by atoms with van der Waals surface area (Å²) >= 11 is 0. The molecule has 33 heavy (non-hydrogen) atoms. The Bertz CT molecular complexity index is 925. The van der Waals surface area contributed by atoms with Gasteiger partial charge in [0.2, 0.25) is 0 Å². The van der Waals surface area contributed by atoms with Gasteiger partial charge < -0.3 is 21.1 Å². The van der Waals surface area contributed by atoms with Gasteiger partial charge in [-0.2, -0.15) is 0 Å². The van der Waals surface area contributed by atoms with Gasteiger partial charge in [-0.15, -0.1) is 24.0 Å². The van der Waals surface area contributed by atoms with E-state index in [1.165, 1.54) is 18.4 Å². The Morgan fingerprint density at radius 3 is 2.45 bits per heavy atom. The van der Waals surface area contributed by atoms with E-state index in [4.69, 9.17) is 10.5 Å². The zero-order valence-corrected chi connectivity index (χ0v) is 21.4. The Kier molecular flexibility index (Phi) is 9.37. The first kappa shape index (κ1) is 25.3. The first-order valence-electron chi connectivity index (χ1n) is 11.4. The molecule has 2 aliphatic heterocycles. The van der Waals surface area contributed by atoms with Gasteiger partial charge in [0.05, 0.1) is 0 Å². The number of ether oxygens (including phenoxy) is 1. The molecule has 0 radical (unpaired) electrons. The van der Waals surface area contributed by atoms with Gasteiger partial charge in [0, 0.05) is 38.3 Å². The van der Waals surface area contributed by atoms with Crippen LogP contribution in [-0.4, -0.2) is 48.5 Å². The number of guanidine groups is 1. The SMILES string of the molecule is CN=C(NCc1cccc(OCC(N)=O)c1)NC1CC2CCC(C1)N2Cc1ccccc1.I. The third kappa shape index (κ3) is 7.07. The molecule has 2 atom stereocenters. The summed E-state index contributed by atoms with van der Waals surface area (Å²) in [5.41, 5.74) is 7.60. The van der Waals surface area contributed by atoms with Crippen molar-refractivity contribution in [1.82, 2.24) is 15.5 Å². The molecular formula is C25H34IN5O2. The molecule has 178 valence electrons. The van der Waals surface area contributed by atoms with E-state index in [0.717, 1.165) is 30.9 Å². The van der Waals surface area contributed by atoms with Crippen molar-refractivity contribution in [2.24, 2.45) is 10.7 Å². The van der Waals surface area contributed by atoms with Gasteiger partial charge in [0.25, 0.3) is 5.91 Å². The number of halogens is 1. The number of nitrogens with one attached hydrogen (secondary N) is 2. The number of primary amides is 1. The number of amides is 1. The van der Waals surface area contributed by atoms with Gasteiger partial charge in [0.1, 0.15) is 5.75 Å². The Morgan fingerprint density at radius 1 is 1.09 bits per heavy atom. The lowest BCUT2D eigenvalue weighted by molar-refractivity contribution is -0.119. The Hall–Kier alpha value is -2.33. The summed E-state index contributed by atoms with van der Waals surface area (Å²) in [4.78, 5) is 18.0. The first-order valence-corrected chi connectivity index (χ1v) is 11.4. The number of rotatable bonds is 8. The minimum Gasteiger partial charge on any atom is -0.484 e. The zero-order valence-electron chi connectivity index (χ0n) is 19.1. The van der Waals surface area contributed by atoms with Crippen molar-refractivity contribution in [3.8, 4) is 5.75 Å². The average Bonchev–Trinajstić information content (AvgIpc) is 3.03. The summed E-state index contributed by atoms with van der Waals surface area (Å²) in [6.45, 7) is 1.54. The van der Waals surface area contributed by atoms with Crippen LogP contribution in [0, 0.1) is 0 Å². The molecule has 2 fully saturated rings. The lowest BCUT2D eigenvalue weighted by Crippen LogP contribution is -2.52. The van der Waals surface area contributed by atoms with Gasteiger partial charge in [-0.1, -0.05) is 42.5 Å². The fourth-order valence-electron chi connectivity index (χ4n) is 4.92. The molecule has 2 aliphatic rings. The van der Waals surface area contributed by atoms with Crippen molar-refractivity contribution in [3.05, 3.63) is 65.7 Å². The fourth-order valence-corrected chi connectivity index (χ4v) is 4.92. The average molecular weight is 563 g/mol. The highest BCUT2D eigenvalue weighted by atomic mass is 127. The van der Waals surface area contributed by atoms with Crippen LogP contribution in [0.5, 0.6) is 5.75 Å². The molecule has 4 rings (SSSR count). The third-order valence-electron chi connectivity index (χ3n) is 6.40. The van der Waals surface area contributed by atoms with Crippen LogP contribution in [0.2, 0.25) is 0 Å². The van der Waals surface area contributed by atoms with Crippen molar-refractivity contribution in [2.75, 3.05) is 13.7 Å². The van der Waals surface area contributed by atoms with Gasteiger partial charge in [-0.05, 0) is 48.9 Å². The largest absolute Gasteiger partial charge is 0.484 e. The van der Waals surface area contributed by atoms with Gasteiger partial charge in [-0.25, -0.2) is 0 Å². The molecule has 0 aromatic heterocycles. The van der Waals surface area contributed by atoms with E-state index in [-0.39, 0.29) is 30.6 Å². The molecule has 7 nitrogen and oxygen atoms in total. The Labute approximate surface area is 213 Å². The predicted octanol–water partition coefficient (Wildman–Crippen LogP) is 3.03. The minimum absolute atomic E-state index is 0. The van der Waals surface area contributed by atoms with E-state index >= 15 is 0 Å². The van der Waals surface area contributed by atoms with Crippen LogP contribution in [0.15, 0.2) is 59.6 Å². The summed E-state index contributed by atoms with van der Waals surface area (Å²) in [5.74, 6) is 0.963. The van der Waals surface area contributed by atoms with Crippen LogP contribution in [0.3, 0.4) is 0 Å². The van der Waals surface area contributed by atoms with Crippen molar-refractivity contribution < 1.29 is 9.53 Å². The number of nitrogens with two attached hydrogens (primary N) is 1. The lowest BCUT2D eigenvalue weighted by atomic mass is 9.96. The number of hydrogen-bond acceptors (Lipinski definition) is 4. The molecular weight excluding hydrogens is 529 g/mol. The second-order valence-corrected chi connectivity index (χ2v) is 8.68. The smallest absolute Gasteiger partial charge is 0.255 e. The van der Waals surface area contributed by atoms with Crippen LogP contribution < -0.4 is 21.1 Å². The predicted molar refractivity (Wildman–Crippen MR) is 142 cm³/mol. The standard InChI is InChI=1S/C25H33N5O2.HI/c1-27-25(28-15-19-8-5-9-23(12-19)32-17-24(26)31)29-20-13-21-10-11-22(14-20)30(21)16-18-6-3-2-4-7-18;/h2-9,12,20-22H,10-11,13-17H2,1H3,(H2,26,31)(H2,27,28,29);1H. The van der Waals surface area contributed by atoms with Crippen LogP contribution in [0.4, 0.5) is 0 Å². The van der Waals surface area contributed by atoms with E-state index in [0.29, 0.717) is 30.4 Å². The molecule has 2 saturated heterocycles. The molecule has 2 aromatic carbocycles. The highest BCUT2D eigenvalue weighted by Crippen LogP contribution is 2.36. The maximum atomic E-state index is 10.9. The van der Waals surface area contributed by atoms with E-state index in [1.807, 2.05) is 24.3 Å². The topological polar surface area (TPSA) is 92.0 Å². The zero-order chi connectivity index (χ0) is 22.3. The molecule has 2 heterocycles. The van der Waals surface area contributed by atoms with Crippen LogP contribution >= 0.6 is 24.0 Å². The number of benzene rings is 2. The molecule has 1 amide bonds. The van der Waals surface area contributed by atoms with Crippen molar-refractivity contribution in [2.45, 2.75) is 56.9 Å². The van der Waals surface area contributed by atoms with Crippen LogP contribution in [0.25, 0.3) is 0 Å². The molecule has 8 heteroatoms. The molecule has 2 bridgehead atoms. The number of fused-ring (bicyclic) bond motifs is 2. The fraction of sp³-hybridized carbons (Fsp3) is 0.440. The minimum atomic E-state index is -0.484. The number of aliphatic imine (C=N–C) groups is 1. The highest BCUT2D eigenvalue weighted by Gasteiger charge is 2.40. The van der Waals surface area contributed by atoms with Crippen molar-refractivity contribution in [1.29, 1.82) is 0 Å². The van der Waals surface area contributed by atoms with Crippen molar-refractivity contribution >= 4 is 35.8 Å². The maximum Gasteiger partial charge on any atom is 0.255 e. The van der Waals surface area contributed by atoms with Gasteiger partial charge in [-0.3, -0.25) is 14.7 Å². The van der Waals surface area contributed by atoms with Crippen molar-refractivity contribution in [3.63, 3.8) is 0 Å². The second kappa shape index (κ2) is 12.2. The lowest BCUT2D eigenvalue weighted by Gasteiger charge is -2.39. The third-order valence-corrected chi connectivity index (χ3v) is 6.40. The molecule has 4 N–H and O–H groups in total. The van der Waals surface area contributed by atoms with E-state index in [2.05, 4.69) is 50.9 Å². The highest BCUT2D eigenvalue weighted by molar-refractivity contribution is 14.0. The summed E-state index contributed by atoms with van der Waals surface area (Å²) < 4.78 is 5.39. The maximum absolute atomic E-state index is 10.9. The quantitative estimate of drug-likeness (QED) is 0.261. The summed E-state index contributed by atoms with van der Waals surface area (Å²) in [7, 11) is 1.81. The van der Waals surface area contributed by atoms with Gasteiger partial charge >= 0.3 is 0 Å². The van der Waals surface area contributed by atoms with E-state index < -0.39 is 5.91 Å². The molecule has 2 unspecified atom stereocenters. The van der Waals surface area contributed by atoms with Gasteiger partial charge in [0.15, 0.2) is 12.6 Å². The normalized spacial score (nSPS) is 22.3. The number of nitrogens with zero attached hydrogens (tertiary/aromatic N) is 2. The number of carbonyl (C=O) groups is 1. The molecule has 0 spiro atoms. The van der Waals surface area contributed by atoms with Crippen LogP contribution in [0.1, 0.15) is 36.8 Å². The van der Waals surface area contributed by atoms with Crippen LogP contribution in [-0.2, 0) is 17.9 Å². The number of hydrogen-bond donors (Lipinski definition) is 3. The number of piperidine rings is 1. The Balaban J connectivity index is 0.00000306. The molecule has 2 aromatic rings. The Morgan fingerprint density at radius 2 is 1.79 bits per heavy atom. The summed E-state index contributed by atoms with van der Waals surface area (Å²) in [5, 5.41) is 7.04. The second-order valence-electron chi connectivity index (χ2n) is 8.68. The molecule has 0 aliphatic carbocycles. The number of carbonyl (C=O) groups excluding carboxylic acids is 1. The summed E-state index contributed by atoms with van der Waals surface area (Å²) in [6, 6.07) is 20.1. The van der Waals surface area contributed by atoms with E-state index in [9.17, 15) is 4.79 Å². The summed E-state index contributed by atoms with van der Waals surface area (Å²) in [6.07, 6.45) is 4.83. The monoisotopic (exact) mass is 563 g/mol. The first-order chi connectivity index (χ1) is 15.6. The van der Waals surface area contributed by atoms with E-state index in [1.54, 1.807) is 7.05 Å².